The molecule has 1 rings (SSSR count). The number of nitriles is 1. The SMILES string of the molecule is CCNS(=O)(=O)CCNc1cccc(Br)c1C#N. The highest BCUT2D eigenvalue weighted by molar-refractivity contribution is 9.10. The van der Waals surface area contributed by atoms with E-state index in [4.69, 9.17) is 5.26 Å². The van der Waals surface area contributed by atoms with E-state index in [0.29, 0.717) is 22.3 Å². The summed E-state index contributed by atoms with van der Waals surface area (Å²) in [5, 5.41) is 11.9. The highest BCUT2D eigenvalue weighted by atomic mass is 79.9. The van der Waals surface area contributed by atoms with Gasteiger partial charge in [-0.05, 0) is 28.1 Å². The first kappa shape index (κ1) is 15.0. The lowest BCUT2D eigenvalue weighted by atomic mass is 10.2. The van der Waals surface area contributed by atoms with Gasteiger partial charge in [-0.1, -0.05) is 13.0 Å². The van der Waals surface area contributed by atoms with E-state index < -0.39 is 10.0 Å². The van der Waals surface area contributed by atoms with Gasteiger partial charge in [-0.15, -0.1) is 0 Å². The van der Waals surface area contributed by atoms with Crippen LogP contribution in [0.25, 0.3) is 0 Å². The topological polar surface area (TPSA) is 82.0 Å². The Kier molecular flexibility index (Phi) is 5.59. The van der Waals surface area contributed by atoms with Crippen LogP contribution in [0.5, 0.6) is 0 Å². The van der Waals surface area contributed by atoms with Gasteiger partial charge < -0.3 is 5.32 Å². The molecule has 5 nitrogen and oxygen atoms in total. The molecule has 0 radical (unpaired) electrons. The molecule has 1 aromatic rings. The first-order chi connectivity index (χ1) is 8.50. The average molecular weight is 332 g/mol. The Balaban J connectivity index is 2.66. The number of benzene rings is 1. The summed E-state index contributed by atoms with van der Waals surface area (Å²) in [7, 11) is -3.24. The van der Waals surface area contributed by atoms with E-state index in [1.54, 1.807) is 25.1 Å². The van der Waals surface area contributed by atoms with Crippen LogP contribution < -0.4 is 10.0 Å². The van der Waals surface area contributed by atoms with E-state index in [1.807, 2.05) is 0 Å². The van der Waals surface area contributed by atoms with E-state index in [1.165, 1.54) is 0 Å². The van der Waals surface area contributed by atoms with Gasteiger partial charge in [-0.3, -0.25) is 0 Å². The third kappa shape index (κ3) is 4.29. The fourth-order valence-corrected chi connectivity index (χ4v) is 2.81. The Morgan fingerprint density at radius 3 is 2.78 bits per heavy atom. The molecule has 0 fully saturated rings. The third-order valence-electron chi connectivity index (χ3n) is 2.18. The molecular weight excluding hydrogens is 318 g/mol. The highest BCUT2D eigenvalue weighted by Gasteiger charge is 2.09. The first-order valence-corrected chi connectivity index (χ1v) is 7.84. The molecule has 0 saturated heterocycles. The minimum absolute atomic E-state index is 0.0295. The van der Waals surface area contributed by atoms with Crippen LogP contribution in [0.1, 0.15) is 12.5 Å². The van der Waals surface area contributed by atoms with E-state index in [9.17, 15) is 8.42 Å². The van der Waals surface area contributed by atoms with Gasteiger partial charge in [0.2, 0.25) is 10.0 Å². The fraction of sp³-hybridized carbons (Fsp3) is 0.364. The second-order valence-corrected chi connectivity index (χ2v) is 6.30. The number of hydrogen-bond acceptors (Lipinski definition) is 4. The van der Waals surface area contributed by atoms with E-state index in [-0.39, 0.29) is 12.3 Å². The molecule has 98 valence electrons. The monoisotopic (exact) mass is 331 g/mol. The lowest BCUT2D eigenvalue weighted by Crippen LogP contribution is -2.29. The molecule has 0 heterocycles. The number of hydrogen-bond donors (Lipinski definition) is 2. The van der Waals surface area contributed by atoms with E-state index in [2.05, 4.69) is 32.0 Å². The van der Waals surface area contributed by atoms with Crippen LogP contribution in [0.3, 0.4) is 0 Å². The lowest BCUT2D eigenvalue weighted by molar-refractivity contribution is 0.584. The maximum absolute atomic E-state index is 11.4. The van der Waals surface area contributed by atoms with Crippen LogP contribution in [0.15, 0.2) is 22.7 Å². The van der Waals surface area contributed by atoms with Gasteiger partial charge >= 0.3 is 0 Å². The molecule has 0 saturated carbocycles. The predicted octanol–water partition coefficient (Wildman–Crippen LogP) is 1.67. The Labute approximate surface area is 115 Å². The summed E-state index contributed by atoms with van der Waals surface area (Å²) in [6, 6.07) is 7.35. The summed E-state index contributed by atoms with van der Waals surface area (Å²) in [5.41, 5.74) is 1.09. The Morgan fingerprint density at radius 1 is 1.44 bits per heavy atom. The molecule has 0 atom stereocenters. The van der Waals surface area contributed by atoms with Gasteiger partial charge in [0.1, 0.15) is 6.07 Å². The van der Waals surface area contributed by atoms with E-state index in [0.717, 1.165) is 0 Å². The molecule has 0 unspecified atom stereocenters. The van der Waals surface area contributed by atoms with Gasteiger partial charge in [0.15, 0.2) is 0 Å². The smallest absolute Gasteiger partial charge is 0.213 e. The number of anilines is 1. The number of nitrogens with zero attached hydrogens (tertiary/aromatic N) is 1. The Morgan fingerprint density at radius 2 is 2.17 bits per heavy atom. The van der Waals surface area contributed by atoms with Crippen molar-refractivity contribution in [3.05, 3.63) is 28.2 Å². The largest absolute Gasteiger partial charge is 0.383 e. The van der Waals surface area contributed by atoms with Crippen molar-refractivity contribution in [2.24, 2.45) is 0 Å². The van der Waals surface area contributed by atoms with Crippen LogP contribution in [-0.4, -0.2) is 27.3 Å². The number of nitrogens with one attached hydrogen (secondary N) is 2. The second-order valence-electron chi connectivity index (χ2n) is 3.52. The van der Waals surface area contributed by atoms with Gasteiger partial charge in [0.05, 0.1) is 17.0 Å². The summed E-state index contributed by atoms with van der Waals surface area (Å²) in [4.78, 5) is 0. The van der Waals surface area contributed by atoms with Crippen molar-refractivity contribution in [2.45, 2.75) is 6.92 Å². The van der Waals surface area contributed by atoms with Crippen molar-refractivity contribution in [3.63, 3.8) is 0 Å². The molecular formula is C11H14BrN3O2S. The van der Waals surface area contributed by atoms with Gasteiger partial charge in [0, 0.05) is 17.6 Å². The summed E-state index contributed by atoms with van der Waals surface area (Å²) >= 11 is 3.27. The summed E-state index contributed by atoms with van der Waals surface area (Å²) in [6.07, 6.45) is 0. The Hall–Kier alpha value is -1.10. The molecule has 0 spiro atoms. The molecule has 0 aliphatic rings. The molecule has 0 amide bonds. The zero-order valence-electron chi connectivity index (χ0n) is 9.90. The van der Waals surface area contributed by atoms with Crippen LogP contribution in [0.2, 0.25) is 0 Å². The molecule has 0 aliphatic carbocycles. The molecule has 1 aromatic carbocycles. The highest BCUT2D eigenvalue weighted by Crippen LogP contribution is 2.23. The normalized spacial score (nSPS) is 10.9. The quantitative estimate of drug-likeness (QED) is 0.830. The summed E-state index contributed by atoms with van der Waals surface area (Å²) in [5.74, 6) is -0.0295. The van der Waals surface area contributed by atoms with Crippen LogP contribution in [-0.2, 0) is 10.0 Å². The number of sulfonamides is 1. The molecule has 7 heteroatoms. The Bertz CT molecular complexity index is 552. The molecule has 0 aliphatic heterocycles. The van der Waals surface area contributed by atoms with Gasteiger partial charge in [-0.2, -0.15) is 5.26 Å². The second kappa shape index (κ2) is 6.73. The zero-order chi connectivity index (χ0) is 13.6. The number of halogens is 1. The van der Waals surface area contributed by atoms with Gasteiger partial charge in [0.25, 0.3) is 0 Å². The maximum atomic E-state index is 11.4. The zero-order valence-corrected chi connectivity index (χ0v) is 12.3. The standard InChI is InChI=1S/C11H14BrN3O2S/c1-2-15-18(16,17)7-6-14-11-5-3-4-10(12)9(11)8-13/h3-5,14-15H,2,6-7H2,1H3. The average Bonchev–Trinajstić information content (AvgIpc) is 2.29. The maximum Gasteiger partial charge on any atom is 0.213 e. The van der Waals surface area contributed by atoms with Crippen molar-refractivity contribution in [2.75, 3.05) is 24.2 Å². The summed E-state index contributed by atoms with van der Waals surface area (Å²) in [6.45, 7) is 2.36. The molecule has 2 N–H and O–H groups in total. The minimum Gasteiger partial charge on any atom is -0.383 e. The predicted molar refractivity (Wildman–Crippen MR) is 74.8 cm³/mol. The van der Waals surface area contributed by atoms with Crippen molar-refractivity contribution in [1.82, 2.24) is 4.72 Å². The minimum atomic E-state index is -3.24. The molecule has 0 bridgehead atoms. The van der Waals surface area contributed by atoms with Gasteiger partial charge in [-0.25, -0.2) is 13.1 Å². The van der Waals surface area contributed by atoms with Crippen molar-refractivity contribution in [3.8, 4) is 6.07 Å². The lowest BCUT2D eigenvalue weighted by Gasteiger charge is -2.09. The third-order valence-corrected chi connectivity index (χ3v) is 4.31. The van der Waals surface area contributed by atoms with Crippen LogP contribution >= 0.6 is 15.9 Å². The van der Waals surface area contributed by atoms with Crippen molar-refractivity contribution in [1.29, 1.82) is 5.26 Å². The van der Waals surface area contributed by atoms with Crippen LogP contribution in [0.4, 0.5) is 5.69 Å². The first-order valence-electron chi connectivity index (χ1n) is 5.40. The number of rotatable bonds is 6. The van der Waals surface area contributed by atoms with Crippen molar-refractivity contribution < 1.29 is 8.42 Å². The van der Waals surface area contributed by atoms with Crippen LogP contribution in [0, 0.1) is 11.3 Å². The fourth-order valence-electron chi connectivity index (χ4n) is 1.40. The molecule has 18 heavy (non-hydrogen) atoms. The molecule has 0 aromatic heterocycles. The van der Waals surface area contributed by atoms with Crippen molar-refractivity contribution >= 4 is 31.6 Å². The summed E-state index contributed by atoms with van der Waals surface area (Å²) < 4.78 is 25.9. The van der Waals surface area contributed by atoms with E-state index >= 15 is 0 Å².